The maximum absolute atomic E-state index is 14.4. The molecular formula is C26H31BrCl2O8. The van der Waals surface area contributed by atoms with Gasteiger partial charge in [0.15, 0.2) is 31.9 Å². The Morgan fingerprint density at radius 3 is 1.95 bits per heavy atom. The zero-order chi connectivity index (χ0) is 27.7. The van der Waals surface area contributed by atoms with E-state index in [0.717, 1.165) is 5.57 Å². The van der Waals surface area contributed by atoms with E-state index in [1.165, 1.54) is 28.4 Å². The van der Waals surface area contributed by atoms with Gasteiger partial charge in [-0.25, -0.2) is 0 Å². The highest BCUT2D eigenvalue weighted by atomic mass is 79.9. The number of hydrogen-bond donors (Lipinski definition) is 0. The molecule has 0 saturated heterocycles. The Balaban J connectivity index is 2.97. The van der Waals surface area contributed by atoms with Gasteiger partial charge in [0.05, 0.1) is 21.6 Å². The van der Waals surface area contributed by atoms with Gasteiger partial charge >= 0.3 is 0 Å². The van der Waals surface area contributed by atoms with Crippen LogP contribution in [0.4, 0.5) is 0 Å². The molecule has 0 aromatic heterocycles. The van der Waals surface area contributed by atoms with Gasteiger partial charge in [0.25, 0.3) is 0 Å². The van der Waals surface area contributed by atoms with Gasteiger partial charge in [-0.15, -0.1) is 0 Å². The highest BCUT2D eigenvalue weighted by Gasteiger charge is 2.32. The fourth-order valence-corrected chi connectivity index (χ4v) is 4.61. The largest absolute Gasteiger partial charge is 0.494 e. The molecule has 0 aliphatic rings. The second-order valence-corrected chi connectivity index (χ2v) is 9.55. The molecule has 0 aliphatic heterocycles. The third-order valence-corrected chi connectivity index (χ3v) is 6.86. The molecule has 8 nitrogen and oxygen atoms in total. The second kappa shape index (κ2) is 14.8. The van der Waals surface area contributed by atoms with Crippen molar-refractivity contribution in [1.82, 2.24) is 0 Å². The number of methoxy groups -OCH3 is 4. The summed E-state index contributed by atoms with van der Waals surface area (Å²) < 4.78 is 38.6. The summed E-state index contributed by atoms with van der Waals surface area (Å²) in [6.07, 6.45) is 2.35. The van der Waals surface area contributed by atoms with Crippen LogP contribution in [0.1, 0.15) is 40.9 Å². The molecule has 0 heterocycles. The van der Waals surface area contributed by atoms with Crippen LogP contribution in [0.25, 0.3) is 0 Å². The SMILES string of the molecule is COCOc1cc(OCOC)c(CC=C(C)C)c(C(=O)c2c(OC)c(Cl)c(C)c(Cl)c2OCOC)c1Br. The molecule has 0 aliphatic carbocycles. The highest BCUT2D eigenvalue weighted by Crippen LogP contribution is 2.48. The van der Waals surface area contributed by atoms with Crippen molar-refractivity contribution in [2.45, 2.75) is 27.2 Å². The summed E-state index contributed by atoms with van der Waals surface area (Å²) in [5.41, 5.74) is 2.39. The van der Waals surface area contributed by atoms with Gasteiger partial charge < -0.3 is 33.2 Å². The van der Waals surface area contributed by atoms with Gasteiger partial charge in [-0.1, -0.05) is 34.9 Å². The van der Waals surface area contributed by atoms with Gasteiger partial charge in [-0.2, -0.15) is 0 Å². The molecule has 0 spiro atoms. The van der Waals surface area contributed by atoms with E-state index in [0.29, 0.717) is 33.5 Å². The second-order valence-electron chi connectivity index (χ2n) is 8.00. The van der Waals surface area contributed by atoms with Crippen molar-refractivity contribution in [2.24, 2.45) is 0 Å². The van der Waals surface area contributed by atoms with Crippen LogP contribution in [0.15, 0.2) is 22.2 Å². The van der Waals surface area contributed by atoms with E-state index in [4.69, 9.17) is 56.4 Å². The monoisotopic (exact) mass is 620 g/mol. The van der Waals surface area contributed by atoms with Gasteiger partial charge in [0.1, 0.15) is 17.1 Å². The first-order valence-corrected chi connectivity index (χ1v) is 12.6. The zero-order valence-electron chi connectivity index (χ0n) is 21.9. The first kappa shape index (κ1) is 31.2. The molecule has 0 unspecified atom stereocenters. The maximum atomic E-state index is 14.4. The molecule has 204 valence electrons. The number of carbonyl (C=O) groups is 1. The lowest BCUT2D eigenvalue weighted by Gasteiger charge is -2.22. The van der Waals surface area contributed by atoms with E-state index in [9.17, 15) is 4.79 Å². The normalized spacial score (nSPS) is 10.8. The van der Waals surface area contributed by atoms with Crippen LogP contribution in [0.2, 0.25) is 10.0 Å². The Kier molecular flexibility index (Phi) is 12.5. The van der Waals surface area contributed by atoms with Crippen molar-refractivity contribution >= 4 is 44.9 Å². The standard InChI is InChI=1S/C26H31BrCl2O8/c1-14(2)8-9-16-17(35-11-31-4)10-18(36-12-32-5)21(27)19(16)24(30)20-25(34-7)22(28)15(3)23(29)26(20)37-13-33-6/h8,10H,9,11-13H2,1-7H3. The molecule has 0 saturated carbocycles. The van der Waals surface area contributed by atoms with E-state index in [1.807, 2.05) is 19.9 Å². The molecule has 2 aromatic carbocycles. The average Bonchev–Trinajstić information content (AvgIpc) is 2.87. The Labute approximate surface area is 235 Å². The Morgan fingerprint density at radius 1 is 0.865 bits per heavy atom. The van der Waals surface area contributed by atoms with Crippen molar-refractivity contribution in [3.05, 3.63) is 54.5 Å². The molecule has 2 aromatic rings. The molecule has 11 heteroatoms. The number of carbonyl (C=O) groups excluding carboxylic acids is 1. The van der Waals surface area contributed by atoms with Crippen LogP contribution >= 0.6 is 39.1 Å². The summed E-state index contributed by atoms with van der Waals surface area (Å²) in [6.45, 7) is 5.36. The minimum absolute atomic E-state index is 0.0286. The lowest BCUT2D eigenvalue weighted by Crippen LogP contribution is -2.15. The van der Waals surface area contributed by atoms with Crippen molar-refractivity contribution in [3.63, 3.8) is 0 Å². The van der Waals surface area contributed by atoms with Crippen LogP contribution in [-0.4, -0.2) is 54.6 Å². The van der Waals surface area contributed by atoms with Gasteiger partial charge in [0, 0.05) is 38.5 Å². The van der Waals surface area contributed by atoms with Gasteiger partial charge in [-0.3, -0.25) is 4.79 Å². The molecule has 0 radical (unpaired) electrons. The van der Waals surface area contributed by atoms with Crippen LogP contribution in [0.5, 0.6) is 23.0 Å². The lowest BCUT2D eigenvalue weighted by atomic mass is 9.93. The van der Waals surface area contributed by atoms with Crippen molar-refractivity contribution < 1.29 is 38.0 Å². The fourth-order valence-electron chi connectivity index (χ4n) is 3.41. The maximum Gasteiger partial charge on any atom is 0.202 e. The summed E-state index contributed by atoms with van der Waals surface area (Å²) in [5, 5.41) is 0.348. The molecular weight excluding hydrogens is 591 g/mol. The van der Waals surface area contributed by atoms with Gasteiger partial charge in [-0.05, 0) is 48.7 Å². The van der Waals surface area contributed by atoms with Crippen molar-refractivity contribution in [3.8, 4) is 23.0 Å². The molecule has 0 bridgehead atoms. The summed E-state index contributed by atoms with van der Waals surface area (Å²) in [6, 6.07) is 1.67. The Morgan fingerprint density at radius 2 is 1.41 bits per heavy atom. The first-order chi connectivity index (χ1) is 17.6. The number of hydrogen-bond acceptors (Lipinski definition) is 8. The third kappa shape index (κ3) is 7.31. The summed E-state index contributed by atoms with van der Waals surface area (Å²) in [7, 11) is 5.87. The van der Waals surface area contributed by atoms with E-state index in [-0.39, 0.29) is 53.1 Å². The molecule has 2 rings (SSSR count). The van der Waals surface area contributed by atoms with Gasteiger partial charge in [0.2, 0.25) is 5.78 Å². The average molecular weight is 622 g/mol. The predicted octanol–water partition coefficient (Wildman–Crippen LogP) is 6.76. The first-order valence-electron chi connectivity index (χ1n) is 11.1. The smallest absolute Gasteiger partial charge is 0.202 e. The van der Waals surface area contributed by atoms with E-state index < -0.39 is 5.78 Å². The molecule has 0 fully saturated rings. The number of ketones is 1. The van der Waals surface area contributed by atoms with E-state index >= 15 is 0 Å². The highest BCUT2D eigenvalue weighted by molar-refractivity contribution is 9.10. The summed E-state index contributed by atoms with van der Waals surface area (Å²) >= 11 is 16.7. The zero-order valence-corrected chi connectivity index (χ0v) is 25.0. The fraction of sp³-hybridized carbons (Fsp3) is 0.423. The number of rotatable bonds is 14. The van der Waals surface area contributed by atoms with Crippen molar-refractivity contribution in [2.75, 3.05) is 48.8 Å². The van der Waals surface area contributed by atoms with E-state index in [1.54, 1.807) is 13.0 Å². The number of benzene rings is 2. The van der Waals surface area contributed by atoms with Crippen LogP contribution in [0, 0.1) is 6.92 Å². The van der Waals surface area contributed by atoms with Crippen molar-refractivity contribution in [1.29, 1.82) is 0 Å². The minimum atomic E-state index is -0.485. The molecule has 37 heavy (non-hydrogen) atoms. The van der Waals surface area contributed by atoms with E-state index in [2.05, 4.69) is 15.9 Å². The molecule has 0 N–H and O–H groups in total. The quantitative estimate of drug-likeness (QED) is 0.130. The van der Waals surface area contributed by atoms with Crippen LogP contribution in [0.3, 0.4) is 0 Å². The van der Waals surface area contributed by atoms with Crippen LogP contribution in [-0.2, 0) is 20.6 Å². The Hall–Kier alpha value is -2.01. The summed E-state index contributed by atoms with van der Waals surface area (Å²) in [4.78, 5) is 14.4. The lowest BCUT2D eigenvalue weighted by molar-refractivity contribution is 0.0450. The van der Waals surface area contributed by atoms with Crippen LogP contribution < -0.4 is 18.9 Å². The minimum Gasteiger partial charge on any atom is -0.494 e. The summed E-state index contributed by atoms with van der Waals surface area (Å²) in [5.74, 6) is 0.414. The third-order valence-electron chi connectivity index (χ3n) is 5.17. The topological polar surface area (TPSA) is 81.7 Å². The molecule has 0 amide bonds. The number of halogens is 3. The molecule has 0 atom stereocenters. The Bertz CT molecular complexity index is 1150. The predicted molar refractivity (Wildman–Crippen MR) is 146 cm³/mol. The number of ether oxygens (including phenoxy) is 7. The number of allylic oxidation sites excluding steroid dienone is 2.